The molecule has 3 aromatic rings. The van der Waals surface area contributed by atoms with Crippen molar-refractivity contribution in [3.8, 4) is 23.5 Å². The van der Waals surface area contributed by atoms with Crippen molar-refractivity contribution in [2.45, 2.75) is 19.8 Å². The van der Waals surface area contributed by atoms with Crippen molar-refractivity contribution in [2.75, 3.05) is 37.7 Å². The van der Waals surface area contributed by atoms with E-state index >= 15 is 0 Å². The fourth-order valence-electron chi connectivity index (χ4n) is 3.47. The molecule has 0 unspecified atom stereocenters. The molecule has 0 saturated carbocycles. The van der Waals surface area contributed by atoms with Crippen LogP contribution in [0, 0.1) is 18.3 Å². The van der Waals surface area contributed by atoms with Crippen LogP contribution in [0.15, 0.2) is 43.0 Å². The van der Waals surface area contributed by atoms with E-state index in [4.69, 9.17) is 14.7 Å². The normalized spacial score (nSPS) is 12.1. The monoisotopic (exact) mass is 447 g/mol. The highest BCUT2D eigenvalue weighted by molar-refractivity contribution is 5.81. The van der Waals surface area contributed by atoms with Crippen molar-refractivity contribution in [3.63, 3.8) is 0 Å². The van der Waals surface area contributed by atoms with Gasteiger partial charge in [0, 0.05) is 37.2 Å². The Morgan fingerprint density at radius 2 is 2.09 bits per heavy atom. The smallest absolute Gasteiger partial charge is 0.239 e. The van der Waals surface area contributed by atoms with Crippen LogP contribution in [0.4, 0.5) is 5.82 Å². The van der Waals surface area contributed by atoms with Crippen molar-refractivity contribution in [1.29, 1.82) is 5.26 Å². The lowest BCUT2D eigenvalue weighted by atomic mass is 10.1. The Morgan fingerprint density at radius 1 is 1.24 bits per heavy atom. The van der Waals surface area contributed by atoms with Gasteiger partial charge in [0.25, 0.3) is 0 Å². The van der Waals surface area contributed by atoms with Gasteiger partial charge in [0.15, 0.2) is 11.5 Å². The number of anilines is 1. The summed E-state index contributed by atoms with van der Waals surface area (Å²) in [6, 6.07) is 9.75. The third-order valence-corrected chi connectivity index (χ3v) is 5.06. The second-order valence-corrected chi connectivity index (χ2v) is 7.55. The molecular weight excluding hydrogens is 422 g/mol. The summed E-state index contributed by atoms with van der Waals surface area (Å²) in [5.41, 5.74) is 1.81. The number of carbonyl (C=O) groups is 1. The lowest BCUT2D eigenvalue weighted by molar-refractivity contribution is -0.119. The maximum atomic E-state index is 12.7. The standard InChI is InChI=1S/C23H25N7O3/c1-17-13-21(28-23(27-17)30-10-8-25-16-30)29(9-2-6-24)15-22(31)26-7-5-18-3-4-19-20(14-18)33-12-11-32-19/h3-4,8,10,13-14,16H,2,5,7,9,11-12,15H2,1H3,(H,26,31). The molecule has 3 heterocycles. The summed E-state index contributed by atoms with van der Waals surface area (Å²) in [7, 11) is 0. The molecule has 0 saturated heterocycles. The van der Waals surface area contributed by atoms with Crippen LogP contribution < -0.4 is 19.7 Å². The minimum absolute atomic E-state index is 0.0860. The molecule has 0 aliphatic carbocycles. The van der Waals surface area contributed by atoms with Gasteiger partial charge >= 0.3 is 0 Å². The maximum absolute atomic E-state index is 12.7. The van der Waals surface area contributed by atoms with Crippen molar-refractivity contribution in [2.24, 2.45) is 0 Å². The van der Waals surface area contributed by atoms with Gasteiger partial charge in [-0.25, -0.2) is 9.97 Å². The molecule has 1 aliphatic heterocycles. The van der Waals surface area contributed by atoms with E-state index in [0.29, 0.717) is 44.5 Å². The van der Waals surface area contributed by atoms with E-state index in [2.05, 4.69) is 26.3 Å². The molecule has 1 aromatic carbocycles. The van der Waals surface area contributed by atoms with Crippen LogP contribution in [-0.2, 0) is 11.2 Å². The number of aryl methyl sites for hydroxylation is 1. The Labute approximate surface area is 191 Å². The lowest BCUT2D eigenvalue weighted by Gasteiger charge is -2.23. The molecule has 170 valence electrons. The molecule has 1 N–H and O–H groups in total. The number of amides is 1. The molecular formula is C23H25N7O3. The zero-order valence-electron chi connectivity index (χ0n) is 18.4. The number of fused-ring (bicyclic) bond motifs is 1. The first kappa shape index (κ1) is 22.1. The molecule has 0 radical (unpaired) electrons. The summed E-state index contributed by atoms with van der Waals surface area (Å²) in [4.78, 5) is 27.5. The van der Waals surface area contributed by atoms with E-state index in [1.165, 1.54) is 0 Å². The van der Waals surface area contributed by atoms with Gasteiger partial charge in [0.1, 0.15) is 25.4 Å². The molecule has 2 aromatic heterocycles. The zero-order chi connectivity index (χ0) is 23.0. The largest absolute Gasteiger partial charge is 0.486 e. The van der Waals surface area contributed by atoms with E-state index in [1.54, 1.807) is 34.3 Å². The number of nitriles is 1. The molecule has 0 fully saturated rings. The highest BCUT2D eigenvalue weighted by Gasteiger charge is 2.16. The fourth-order valence-corrected chi connectivity index (χ4v) is 3.47. The van der Waals surface area contributed by atoms with E-state index in [1.807, 2.05) is 25.1 Å². The second kappa shape index (κ2) is 10.5. The van der Waals surface area contributed by atoms with E-state index in [-0.39, 0.29) is 18.9 Å². The highest BCUT2D eigenvalue weighted by atomic mass is 16.6. The average molecular weight is 447 g/mol. The van der Waals surface area contributed by atoms with Gasteiger partial charge in [-0.15, -0.1) is 0 Å². The Hall–Kier alpha value is -4.13. The predicted octanol–water partition coefficient (Wildman–Crippen LogP) is 1.82. The Balaban J connectivity index is 1.38. The molecule has 1 aliphatic rings. The van der Waals surface area contributed by atoms with Gasteiger partial charge in [0.2, 0.25) is 11.9 Å². The SMILES string of the molecule is Cc1cc(N(CCC#N)CC(=O)NCCc2ccc3c(c2)OCCO3)nc(-n2ccnc2)n1. The van der Waals surface area contributed by atoms with Gasteiger partial charge in [-0.3, -0.25) is 9.36 Å². The number of nitrogens with one attached hydrogen (secondary N) is 1. The number of aromatic nitrogens is 4. The first-order chi connectivity index (χ1) is 16.1. The zero-order valence-corrected chi connectivity index (χ0v) is 18.4. The average Bonchev–Trinajstić information content (AvgIpc) is 3.36. The van der Waals surface area contributed by atoms with E-state index in [0.717, 1.165) is 22.8 Å². The minimum Gasteiger partial charge on any atom is -0.486 e. The number of benzene rings is 1. The molecule has 10 heteroatoms. The van der Waals surface area contributed by atoms with Crippen molar-refractivity contribution < 1.29 is 14.3 Å². The quantitative estimate of drug-likeness (QED) is 0.528. The van der Waals surface area contributed by atoms with Crippen molar-refractivity contribution >= 4 is 11.7 Å². The molecule has 0 atom stereocenters. The van der Waals surface area contributed by atoms with Gasteiger partial charge < -0.3 is 19.7 Å². The summed E-state index contributed by atoms with van der Waals surface area (Å²) in [5.74, 6) is 2.38. The third-order valence-electron chi connectivity index (χ3n) is 5.06. The summed E-state index contributed by atoms with van der Waals surface area (Å²) in [5, 5.41) is 12.0. The molecule has 10 nitrogen and oxygen atoms in total. The first-order valence-corrected chi connectivity index (χ1v) is 10.7. The molecule has 0 bridgehead atoms. The third kappa shape index (κ3) is 5.77. The number of hydrogen-bond acceptors (Lipinski definition) is 8. The molecule has 0 spiro atoms. The Kier molecular flexibility index (Phi) is 6.99. The van der Waals surface area contributed by atoms with Gasteiger partial charge in [-0.1, -0.05) is 6.07 Å². The summed E-state index contributed by atoms with van der Waals surface area (Å²) in [6.45, 7) is 3.90. The van der Waals surface area contributed by atoms with Crippen LogP contribution in [0.3, 0.4) is 0 Å². The molecule has 33 heavy (non-hydrogen) atoms. The van der Waals surface area contributed by atoms with Crippen molar-refractivity contribution in [3.05, 3.63) is 54.2 Å². The minimum atomic E-state index is -0.147. The van der Waals surface area contributed by atoms with Crippen LogP contribution >= 0.6 is 0 Å². The number of carbonyl (C=O) groups excluding carboxylic acids is 1. The topological polar surface area (TPSA) is 118 Å². The van der Waals surface area contributed by atoms with E-state index in [9.17, 15) is 4.79 Å². The molecule has 1 amide bonds. The van der Waals surface area contributed by atoms with Gasteiger partial charge in [-0.05, 0) is 31.0 Å². The Morgan fingerprint density at radius 3 is 2.88 bits per heavy atom. The molecule has 4 rings (SSSR count). The summed E-state index contributed by atoms with van der Waals surface area (Å²) >= 11 is 0. The van der Waals surface area contributed by atoms with E-state index < -0.39 is 0 Å². The van der Waals surface area contributed by atoms with Crippen LogP contribution in [0.2, 0.25) is 0 Å². The number of imidazole rings is 1. The number of nitrogens with zero attached hydrogens (tertiary/aromatic N) is 6. The maximum Gasteiger partial charge on any atom is 0.239 e. The lowest BCUT2D eigenvalue weighted by Crippen LogP contribution is -2.39. The first-order valence-electron chi connectivity index (χ1n) is 10.7. The van der Waals surface area contributed by atoms with Crippen LogP contribution in [0.5, 0.6) is 11.5 Å². The summed E-state index contributed by atoms with van der Waals surface area (Å²) < 4.78 is 12.9. The number of ether oxygens (including phenoxy) is 2. The number of rotatable bonds is 9. The number of hydrogen-bond donors (Lipinski definition) is 1. The summed E-state index contributed by atoms with van der Waals surface area (Å²) in [6.07, 6.45) is 5.95. The van der Waals surface area contributed by atoms with Crippen molar-refractivity contribution in [1.82, 2.24) is 24.8 Å². The second-order valence-electron chi connectivity index (χ2n) is 7.55. The van der Waals surface area contributed by atoms with Crippen LogP contribution in [0.25, 0.3) is 5.95 Å². The highest BCUT2D eigenvalue weighted by Crippen LogP contribution is 2.30. The van der Waals surface area contributed by atoms with Crippen LogP contribution in [0.1, 0.15) is 17.7 Å². The van der Waals surface area contributed by atoms with Crippen LogP contribution in [-0.4, -0.2) is 58.3 Å². The Bertz CT molecular complexity index is 1140. The van der Waals surface area contributed by atoms with Gasteiger partial charge in [0.05, 0.1) is 19.0 Å². The predicted molar refractivity (Wildman–Crippen MR) is 120 cm³/mol. The van der Waals surface area contributed by atoms with Gasteiger partial charge in [-0.2, -0.15) is 10.2 Å². The fraction of sp³-hybridized carbons (Fsp3) is 0.348.